The molecule has 2 aromatic heterocycles. The second kappa shape index (κ2) is 6.10. The molecule has 1 atom stereocenters. The molecular formula is C12H14ClN3S. The summed E-state index contributed by atoms with van der Waals surface area (Å²) < 4.78 is 0. The fourth-order valence-corrected chi connectivity index (χ4v) is 2.65. The van der Waals surface area contributed by atoms with E-state index < -0.39 is 0 Å². The second-order valence-corrected chi connectivity index (χ2v) is 5.02. The van der Waals surface area contributed by atoms with E-state index in [9.17, 15) is 0 Å². The van der Waals surface area contributed by atoms with Crippen LogP contribution in [0.3, 0.4) is 0 Å². The molecule has 0 amide bonds. The summed E-state index contributed by atoms with van der Waals surface area (Å²) in [5, 5.41) is 7.24. The molecule has 0 saturated carbocycles. The number of rotatable bonds is 5. The molecule has 0 saturated heterocycles. The maximum atomic E-state index is 6.18. The highest BCUT2D eigenvalue weighted by atomic mass is 35.5. The standard InChI is InChI=1S/C12H14ClN3S/c1-2-15-11(7-12-16-5-6-17-12)9-3-4-14-8-10(9)13/h3-6,8,11,15H,2,7H2,1H3. The molecule has 0 aliphatic rings. The maximum Gasteiger partial charge on any atom is 0.0943 e. The number of halogens is 1. The predicted octanol–water partition coefficient (Wildman–Crippen LogP) is 3.08. The van der Waals surface area contributed by atoms with Crippen molar-refractivity contribution < 1.29 is 0 Å². The SMILES string of the molecule is CCNC(Cc1nccs1)c1ccncc1Cl. The Balaban J connectivity index is 2.20. The van der Waals surface area contributed by atoms with Crippen molar-refractivity contribution in [1.29, 1.82) is 0 Å². The van der Waals surface area contributed by atoms with E-state index in [0.717, 1.165) is 23.5 Å². The largest absolute Gasteiger partial charge is 0.310 e. The van der Waals surface area contributed by atoms with Crippen molar-refractivity contribution in [3.05, 3.63) is 45.6 Å². The summed E-state index contributed by atoms with van der Waals surface area (Å²) in [6.07, 6.45) is 6.14. The van der Waals surface area contributed by atoms with Crippen LogP contribution in [0.15, 0.2) is 30.0 Å². The molecule has 0 bridgehead atoms. The topological polar surface area (TPSA) is 37.8 Å². The smallest absolute Gasteiger partial charge is 0.0943 e. The number of aromatic nitrogens is 2. The van der Waals surface area contributed by atoms with Gasteiger partial charge in [0.05, 0.1) is 10.0 Å². The summed E-state index contributed by atoms with van der Waals surface area (Å²) in [5.74, 6) is 0. The third kappa shape index (κ3) is 3.25. The lowest BCUT2D eigenvalue weighted by molar-refractivity contribution is 0.548. The first-order valence-corrected chi connectivity index (χ1v) is 6.78. The summed E-state index contributed by atoms with van der Waals surface area (Å²) in [6, 6.07) is 2.16. The van der Waals surface area contributed by atoms with Crippen molar-refractivity contribution >= 4 is 22.9 Å². The second-order valence-electron chi connectivity index (χ2n) is 3.64. The van der Waals surface area contributed by atoms with Crippen LogP contribution in [0.2, 0.25) is 5.02 Å². The molecule has 0 aliphatic heterocycles. The van der Waals surface area contributed by atoms with E-state index >= 15 is 0 Å². The monoisotopic (exact) mass is 267 g/mol. The van der Waals surface area contributed by atoms with Crippen molar-refractivity contribution in [2.45, 2.75) is 19.4 Å². The summed E-state index contributed by atoms with van der Waals surface area (Å²) in [5.41, 5.74) is 1.08. The molecule has 0 aliphatic carbocycles. The van der Waals surface area contributed by atoms with E-state index in [-0.39, 0.29) is 6.04 Å². The summed E-state index contributed by atoms with van der Waals surface area (Å²) >= 11 is 7.84. The molecule has 3 nitrogen and oxygen atoms in total. The third-order valence-corrected chi connectivity index (χ3v) is 3.61. The van der Waals surface area contributed by atoms with Crippen LogP contribution in [0.25, 0.3) is 0 Å². The van der Waals surface area contributed by atoms with Gasteiger partial charge in [-0.15, -0.1) is 11.3 Å². The summed E-state index contributed by atoms with van der Waals surface area (Å²) in [6.45, 7) is 2.98. The van der Waals surface area contributed by atoms with Gasteiger partial charge in [0, 0.05) is 36.4 Å². The zero-order valence-electron chi connectivity index (χ0n) is 9.56. The minimum atomic E-state index is 0.196. The molecule has 0 fully saturated rings. The Bertz CT molecular complexity index is 459. The van der Waals surface area contributed by atoms with Gasteiger partial charge in [-0.1, -0.05) is 18.5 Å². The Morgan fingerprint density at radius 3 is 3.00 bits per heavy atom. The minimum Gasteiger partial charge on any atom is -0.310 e. The molecule has 90 valence electrons. The highest BCUT2D eigenvalue weighted by molar-refractivity contribution is 7.09. The first-order chi connectivity index (χ1) is 8.31. The summed E-state index contributed by atoms with van der Waals surface area (Å²) in [7, 11) is 0. The Hall–Kier alpha value is -0.970. The van der Waals surface area contributed by atoms with Gasteiger partial charge in [-0.2, -0.15) is 0 Å². The Morgan fingerprint density at radius 1 is 1.47 bits per heavy atom. The number of hydrogen-bond donors (Lipinski definition) is 1. The highest BCUT2D eigenvalue weighted by Crippen LogP contribution is 2.25. The van der Waals surface area contributed by atoms with E-state index in [1.54, 1.807) is 23.7 Å². The normalized spacial score (nSPS) is 12.6. The lowest BCUT2D eigenvalue weighted by atomic mass is 10.1. The van der Waals surface area contributed by atoms with Crippen LogP contribution in [0.4, 0.5) is 0 Å². The number of nitrogens with one attached hydrogen (secondary N) is 1. The summed E-state index contributed by atoms with van der Waals surface area (Å²) in [4.78, 5) is 8.33. The number of nitrogens with zero attached hydrogens (tertiary/aromatic N) is 2. The van der Waals surface area contributed by atoms with Crippen LogP contribution in [0, 0.1) is 0 Å². The highest BCUT2D eigenvalue weighted by Gasteiger charge is 2.15. The maximum absolute atomic E-state index is 6.18. The minimum absolute atomic E-state index is 0.196. The first-order valence-electron chi connectivity index (χ1n) is 5.52. The van der Waals surface area contributed by atoms with E-state index in [2.05, 4.69) is 22.2 Å². The van der Waals surface area contributed by atoms with Gasteiger partial charge in [0.1, 0.15) is 0 Å². The quantitative estimate of drug-likeness (QED) is 0.905. The average molecular weight is 268 g/mol. The van der Waals surface area contributed by atoms with Crippen LogP contribution >= 0.6 is 22.9 Å². The van der Waals surface area contributed by atoms with Gasteiger partial charge in [0.25, 0.3) is 0 Å². The van der Waals surface area contributed by atoms with E-state index in [4.69, 9.17) is 11.6 Å². The van der Waals surface area contributed by atoms with Gasteiger partial charge < -0.3 is 5.32 Å². The molecule has 0 spiro atoms. The van der Waals surface area contributed by atoms with Gasteiger partial charge in [-0.25, -0.2) is 4.98 Å². The third-order valence-electron chi connectivity index (χ3n) is 2.49. The molecule has 0 aromatic carbocycles. The van der Waals surface area contributed by atoms with Crippen molar-refractivity contribution in [3.8, 4) is 0 Å². The van der Waals surface area contributed by atoms with Crippen molar-refractivity contribution in [2.24, 2.45) is 0 Å². The molecule has 1 unspecified atom stereocenters. The van der Waals surface area contributed by atoms with Crippen LogP contribution in [-0.4, -0.2) is 16.5 Å². The first kappa shape index (κ1) is 12.5. The zero-order chi connectivity index (χ0) is 12.1. The average Bonchev–Trinajstić information content (AvgIpc) is 2.82. The van der Waals surface area contributed by atoms with Crippen LogP contribution < -0.4 is 5.32 Å². The van der Waals surface area contributed by atoms with E-state index in [0.29, 0.717) is 5.02 Å². The van der Waals surface area contributed by atoms with Gasteiger partial charge in [-0.3, -0.25) is 4.98 Å². The number of thiazole rings is 1. The number of pyridine rings is 1. The van der Waals surface area contributed by atoms with Gasteiger partial charge in [0.2, 0.25) is 0 Å². The van der Waals surface area contributed by atoms with E-state index in [1.807, 2.05) is 17.6 Å². The van der Waals surface area contributed by atoms with Crippen LogP contribution in [-0.2, 0) is 6.42 Å². The van der Waals surface area contributed by atoms with Gasteiger partial charge >= 0.3 is 0 Å². The molecular weight excluding hydrogens is 254 g/mol. The lowest BCUT2D eigenvalue weighted by Crippen LogP contribution is -2.23. The molecule has 2 rings (SSSR count). The van der Waals surface area contributed by atoms with E-state index in [1.165, 1.54) is 0 Å². The zero-order valence-corrected chi connectivity index (χ0v) is 11.1. The molecule has 0 radical (unpaired) electrons. The molecule has 1 N–H and O–H groups in total. The molecule has 5 heteroatoms. The van der Waals surface area contributed by atoms with Gasteiger partial charge in [0.15, 0.2) is 0 Å². The Labute approximate surface area is 110 Å². The Morgan fingerprint density at radius 2 is 2.35 bits per heavy atom. The van der Waals surface area contributed by atoms with Crippen molar-refractivity contribution in [1.82, 2.24) is 15.3 Å². The Kier molecular flexibility index (Phi) is 4.48. The number of likely N-dealkylation sites (N-methyl/N-ethyl adjacent to an activating group) is 1. The molecule has 2 heterocycles. The molecule has 17 heavy (non-hydrogen) atoms. The molecule has 2 aromatic rings. The number of hydrogen-bond acceptors (Lipinski definition) is 4. The fraction of sp³-hybridized carbons (Fsp3) is 0.333. The van der Waals surface area contributed by atoms with Crippen molar-refractivity contribution in [3.63, 3.8) is 0 Å². The lowest BCUT2D eigenvalue weighted by Gasteiger charge is -2.18. The fourth-order valence-electron chi connectivity index (χ4n) is 1.74. The van der Waals surface area contributed by atoms with Gasteiger partial charge in [-0.05, 0) is 18.2 Å². The van der Waals surface area contributed by atoms with Crippen LogP contribution in [0.1, 0.15) is 23.5 Å². The van der Waals surface area contributed by atoms with Crippen LogP contribution in [0.5, 0.6) is 0 Å². The van der Waals surface area contributed by atoms with Crippen molar-refractivity contribution in [2.75, 3.05) is 6.54 Å². The predicted molar refractivity (Wildman–Crippen MR) is 71.5 cm³/mol.